The number of imide groups is 1. The Bertz CT molecular complexity index is 744. The van der Waals surface area contributed by atoms with E-state index in [2.05, 4.69) is 15.5 Å². The van der Waals surface area contributed by atoms with Crippen LogP contribution in [0, 0.1) is 0 Å². The topological polar surface area (TPSA) is 101 Å². The van der Waals surface area contributed by atoms with E-state index in [1.165, 1.54) is 6.26 Å². The zero-order chi connectivity index (χ0) is 16.8. The number of urea groups is 1. The van der Waals surface area contributed by atoms with E-state index in [1.54, 1.807) is 19.1 Å². The summed E-state index contributed by atoms with van der Waals surface area (Å²) in [4.78, 5) is 30.1. The van der Waals surface area contributed by atoms with E-state index >= 15 is 0 Å². The molecule has 1 saturated heterocycles. The summed E-state index contributed by atoms with van der Waals surface area (Å²) in [5.74, 6) is 0.692. The van der Waals surface area contributed by atoms with Crippen LogP contribution in [0.25, 0.3) is 0 Å². The van der Waals surface area contributed by atoms with Crippen LogP contribution in [0.1, 0.15) is 45.2 Å². The van der Waals surface area contributed by atoms with Gasteiger partial charge in [0.2, 0.25) is 5.89 Å². The number of carbonyl (C=O) groups is 2. The summed E-state index contributed by atoms with van der Waals surface area (Å²) in [5.41, 5.74) is -1.53. The van der Waals surface area contributed by atoms with Gasteiger partial charge in [0, 0.05) is 5.41 Å². The fraction of sp³-hybridized carbons (Fsp3) is 0.467. The molecule has 8 heteroatoms. The summed E-state index contributed by atoms with van der Waals surface area (Å²) in [5, 5.41) is 6.49. The van der Waals surface area contributed by atoms with Crippen LogP contribution in [0.15, 0.2) is 27.3 Å². The average molecular weight is 318 g/mol. The maximum atomic E-state index is 12.6. The van der Waals surface area contributed by atoms with E-state index in [1.807, 2.05) is 20.8 Å². The van der Waals surface area contributed by atoms with Crippen LogP contribution in [0.4, 0.5) is 4.79 Å². The summed E-state index contributed by atoms with van der Waals surface area (Å²) in [6, 6.07) is 2.79. The van der Waals surface area contributed by atoms with Crippen molar-refractivity contribution in [2.24, 2.45) is 0 Å². The number of amides is 3. The van der Waals surface area contributed by atoms with Crippen molar-refractivity contribution in [3.63, 3.8) is 0 Å². The maximum Gasteiger partial charge on any atom is 0.325 e. The van der Waals surface area contributed by atoms with Crippen molar-refractivity contribution in [2.45, 2.75) is 45.2 Å². The normalized spacial score (nSPS) is 21.8. The Labute approximate surface area is 132 Å². The summed E-state index contributed by atoms with van der Waals surface area (Å²) in [6.07, 6.45) is 1.46. The van der Waals surface area contributed by atoms with E-state index in [0.29, 0.717) is 11.7 Å². The van der Waals surface area contributed by atoms with Crippen LogP contribution in [0.3, 0.4) is 0 Å². The van der Waals surface area contributed by atoms with Gasteiger partial charge in [-0.1, -0.05) is 25.9 Å². The lowest BCUT2D eigenvalue weighted by molar-refractivity contribution is -0.132. The van der Waals surface area contributed by atoms with Gasteiger partial charge in [0.25, 0.3) is 5.91 Å². The third-order valence-corrected chi connectivity index (χ3v) is 3.70. The number of furan rings is 1. The molecule has 1 atom stereocenters. The lowest BCUT2D eigenvalue weighted by Gasteiger charge is -2.18. The van der Waals surface area contributed by atoms with Gasteiger partial charge in [-0.05, 0) is 19.1 Å². The second kappa shape index (κ2) is 4.94. The van der Waals surface area contributed by atoms with Crippen molar-refractivity contribution < 1.29 is 18.5 Å². The zero-order valence-corrected chi connectivity index (χ0v) is 13.4. The Morgan fingerprint density at radius 2 is 2.09 bits per heavy atom. The summed E-state index contributed by atoms with van der Waals surface area (Å²) in [6.45, 7) is 7.35. The highest BCUT2D eigenvalue weighted by Gasteiger charge is 2.51. The molecule has 0 saturated carbocycles. The van der Waals surface area contributed by atoms with Crippen LogP contribution in [0.2, 0.25) is 0 Å². The van der Waals surface area contributed by atoms with Gasteiger partial charge in [-0.3, -0.25) is 9.69 Å². The van der Waals surface area contributed by atoms with Crippen LogP contribution >= 0.6 is 0 Å². The Balaban J connectivity index is 1.83. The van der Waals surface area contributed by atoms with Gasteiger partial charge in [-0.25, -0.2) is 4.79 Å². The van der Waals surface area contributed by atoms with Gasteiger partial charge in [0.15, 0.2) is 11.4 Å². The molecule has 3 amide bonds. The average Bonchev–Trinajstić information content (AvgIpc) is 3.16. The predicted molar refractivity (Wildman–Crippen MR) is 78.1 cm³/mol. The zero-order valence-electron chi connectivity index (χ0n) is 13.4. The lowest BCUT2D eigenvalue weighted by atomic mass is 9.97. The fourth-order valence-corrected chi connectivity index (χ4v) is 2.33. The van der Waals surface area contributed by atoms with E-state index in [9.17, 15) is 9.59 Å². The van der Waals surface area contributed by atoms with Gasteiger partial charge >= 0.3 is 6.03 Å². The maximum absolute atomic E-state index is 12.6. The molecule has 0 spiro atoms. The van der Waals surface area contributed by atoms with E-state index in [4.69, 9.17) is 8.94 Å². The minimum Gasteiger partial charge on any atom is -0.466 e. The minimum absolute atomic E-state index is 0.0550. The summed E-state index contributed by atoms with van der Waals surface area (Å²) < 4.78 is 10.5. The second-order valence-electron chi connectivity index (χ2n) is 6.69. The summed E-state index contributed by atoms with van der Waals surface area (Å²) >= 11 is 0. The van der Waals surface area contributed by atoms with Crippen LogP contribution in [-0.4, -0.2) is 27.0 Å². The van der Waals surface area contributed by atoms with Crippen LogP contribution < -0.4 is 5.32 Å². The largest absolute Gasteiger partial charge is 0.466 e. The second-order valence-corrected chi connectivity index (χ2v) is 6.69. The Morgan fingerprint density at radius 3 is 2.65 bits per heavy atom. The molecule has 0 aliphatic carbocycles. The third kappa shape index (κ3) is 2.49. The molecule has 3 heterocycles. The number of nitrogens with one attached hydrogen (secondary N) is 1. The molecular formula is C15H18N4O4. The number of aromatic nitrogens is 2. The van der Waals surface area contributed by atoms with Crippen molar-refractivity contribution in [2.75, 3.05) is 0 Å². The number of hydrogen-bond donors (Lipinski definition) is 1. The highest BCUT2D eigenvalue weighted by molar-refractivity contribution is 6.06. The van der Waals surface area contributed by atoms with Crippen LogP contribution in [-0.2, 0) is 22.3 Å². The first-order valence-electron chi connectivity index (χ1n) is 7.23. The van der Waals surface area contributed by atoms with Crippen molar-refractivity contribution in [3.8, 4) is 0 Å². The number of nitrogens with zero attached hydrogens (tertiary/aromatic N) is 3. The van der Waals surface area contributed by atoms with Gasteiger partial charge in [-0.15, -0.1) is 0 Å². The lowest BCUT2D eigenvalue weighted by Crippen LogP contribution is -2.40. The van der Waals surface area contributed by atoms with Crippen molar-refractivity contribution in [1.82, 2.24) is 20.4 Å². The van der Waals surface area contributed by atoms with E-state index < -0.39 is 17.5 Å². The number of hydrogen-bond acceptors (Lipinski definition) is 6. The first-order valence-corrected chi connectivity index (χ1v) is 7.23. The van der Waals surface area contributed by atoms with Gasteiger partial charge in [-0.2, -0.15) is 4.98 Å². The Kier molecular flexibility index (Phi) is 3.28. The highest BCUT2D eigenvalue weighted by atomic mass is 16.5. The molecule has 1 N–H and O–H groups in total. The van der Waals surface area contributed by atoms with E-state index in [-0.39, 0.29) is 17.8 Å². The molecule has 0 aromatic carbocycles. The molecule has 1 aliphatic rings. The quantitative estimate of drug-likeness (QED) is 0.868. The molecular weight excluding hydrogens is 300 g/mol. The van der Waals surface area contributed by atoms with Crippen LogP contribution in [0.5, 0.6) is 0 Å². The van der Waals surface area contributed by atoms with Crippen molar-refractivity contribution in [3.05, 3.63) is 35.9 Å². The first kappa shape index (κ1) is 15.3. The number of carbonyl (C=O) groups excluding carboxylic acids is 2. The van der Waals surface area contributed by atoms with Gasteiger partial charge in [0.1, 0.15) is 5.76 Å². The Morgan fingerprint density at radius 1 is 1.35 bits per heavy atom. The monoisotopic (exact) mass is 318 g/mol. The molecule has 8 nitrogen and oxygen atoms in total. The molecule has 1 aliphatic heterocycles. The molecule has 3 rings (SSSR count). The fourth-order valence-electron chi connectivity index (χ4n) is 2.33. The van der Waals surface area contributed by atoms with Crippen molar-refractivity contribution >= 4 is 11.9 Å². The standard InChI is InChI=1S/C15H18N4O4/c1-14(2,3)11-16-10(18-23-11)8-19-12(20)15(4,17-13(19)21)9-6-5-7-22-9/h5-7H,8H2,1-4H3,(H,17,21)/t15-/m1/s1. The predicted octanol–water partition coefficient (Wildman–Crippen LogP) is 1.93. The molecule has 0 radical (unpaired) electrons. The van der Waals surface area contributed by atoms with Gasteiger partial charge in [0.05, 0.1) is 12.8 Å². The first-order chi connectivity index (χ1) is 10.7. The smallest absolute Gasteiger partial charge is 0.325 e. The number of rotatable bonds is 3. The molecule has 0 bridgehead atoms. The minimum atomic E-state index is -1.23. The van der Waals surface area contributed by atoms with Gasteiger partial charge < -0.3 is 14.3 Å². The SMILES string of the molecule is CC(C)(C)c1nc(CN2C(=O)N[C@](C)(c3ccco3)C2=O)no1. The van der Waals surface area contributed by atoms with E-state index in [0.717, 1.165) is 4.90 Å². The molecule has 122 valence electrons. The van der Waals surface area contributed by atoms with Crippen molar-refractivity contribution in [1.29, 1.82) is 0 Å². The highest BCUT2D eigenvalue weighted by Crippen LogP contribution is 2.30. The molecule has 2 aromatic rings. The third-order valence-electron chi connectivity index (χ3n) is 3.70. The molecule has 0 unspecified atom stereocenters. The summed E-state index contributed by atoms with van der Waals surface area (Å²) in [7, 11) is 0. The Hall–Kier alpha value is -2.64. The molecule has 2 aromatic heterocycles. The molecule has 1 fully saturated rings. The molecule has 23 heavy (non-hydrogen) atoms.